The highest BCUT2D eigenvalue weighted by molar-refractivity contribution is 6.36. The lowest BCUT2D eigenvalue weighted by molar-refractivity contribution is -0.139. The van der Waals surface area contributed by atoms with Crippen molar-refractivity contribution in [2.24, 2.45) is 0 Å². The zero-order valence-electron chi connectivity index (χ0n) is 17.0. The number of amides is 2. The van der Waals surface area contributed by atoms with Gasteiger partial charge in [-0.25, -0.2) is 0 Å². The summed E-state index contributed by atoms with van der Waals surface area (Å²) in [6.45, 7) is 2.64. The predicted octanol–water partition coefficient (Wildman–Crippen LogP) is 5.02. The van der Waals surface area contributed by atoms with Gasteiger partial charge >= 0.3 is 0 Å². The lowest BCUT2D eigenvalue weighted by Crippen LogP contribution is -2.42. The second-order valence-corrected chi connectivity index (χ2v) is 7.80. The molecule has 0 unspecified atom stereocenters. The van der Waals surface area contributed by atoms with Crippen molar-refractivity contribution in [1.29, 1.82) is 0 Å². The van der Waals surface area contributed by atoms with Crippen molar-refractivity contribution in [2.45, 2.75) is 51.5 Å². The first-order chi connectivity index (χ1) is 14.2. The second-order valence-electron chi connectivity index (χ2n) is 7.80. The number of hydrogen-bond donors (Lipinski definition) is 0. The summed E-state index contributed by atoms with van der Waals surface area (Å²) in [5.74, 6) is -0.288. The molecule has 4 rings (SSSR count). The Labute approximate surface area is 172 Å². The van der Waals surface area contributed by atoms with E-state index in [2.05, 4.69) is 0 Å². The molecular weight excluding hydrogens is 360 g/mol. The van der Waals surface area contributed by atoms with E-state index in [1.807, 2.05) is 72.5 Å². The molecule has 2 aromatic carbocycles. The van der Waals surface area contributed by atoms with Crippen LogP contribution in [-0.2, 0) is 9.59 Å². The van der Waals surface area contributed by atoms with Crippen molar-refractivity contribution in [2.75, 3.05) is 11.4 Å². The van der Waals surface area contributed by atoms with Gasteiger partial charge in [0.1, 0.15) is 5.70 Å². The minimum Gasteiger partial charge on any atom is -0.337 e. The maximum Gasteiger partial charge on any atom is 0.278 e. The number of carbonyl (C=O) groups is 2. The zero-order valence-corrected chi connectivity index (χ0v) is 17.0. The molecule has 4 nitrogen and oxygen atoms in total. The highest BCUT2D eigenvalue weighted by atomic mass is 16.2. The van der Waals surface area contributed by atoms with Gasteiger partial charge in [0.25, 0.3) is 11.8 Å². The maximum atomic E-state index is 13.7. The van der Waals surface area contributed by atoms with Crippen LogP contribution in [0.3, 0.4) is 0 Å². The Hall–Kier alpha value is -2.88. The van der Waals surface area contributed by atoms with Crippen LogP contribution in [0, 0.1) is 0 Å². The van der Waals surface area contributed by atoms with Crippen molar-refractivity contribution in [1.82, 2.24) is 4.90 Å². The molecule has 4 heteroatoms. The van der Waals surface area contributed by atoms with Crippen LogP contribution >= 0.6 is 0 Å². The molecule has 0 aromatic heterocycles. The number of hydrogen-bond acceptors (Lipinski definition) is 3. The largest absolute Gasteiger partial charge is 0.337 e. The van der Waals surface area contributed by atoms with Crippen LogP contribution in [0.15, 0.2) is 66.4 Å². The first kappa shape index (κ1) is 19.4. The third-order valence-corrected chi connectivity index (χ3v) is 6.00. The summed E-state index contributed by atoms with van der Waals surface area (Å²) in [7, 11) is 0. The van der Waals surface area contributed by atoms with Crippen molar-refractivity contribution in [3.05, 3.63) is 71.9 Å². The van der Waals surface area contributed by atoms with Gasteiger partial charge in [-0.3, -0.25) is 14.5 Å². The van der Waals surface area contributed by atoms with Gasteiger partial charge in [-0.2, -0.15) is 0 Å². The number of imide groups is 1. The Morgan fingerprint density at radius 2 is 1.41 bits per heavy atom. The average molecular weight is 389 g/mol. The molecule has 150 valence electrons. The highest BCUT2D eigenvalue weighted by Crippen LogP contribution is 2.37. The van der Waals surface area contributed by atoms with Gasteiger partial charge in [0.05, 0.1) is 5.57 Å². The van der Waals surface area contributed by atoms with E-state index in [9.17, 15) is 9.59 Å². The number of nitrogens with zero attached hydrogens (tertiary/aromatic N) is 2. The molecule has 1 heterocycles. The lowest BCUT2D eigenvalue weighted by atomic mass is 10.0. The number of anilines is 1. The van der Waals surface area contributed by atoms with Gasteiger partial charge in [-0.05, 0) is 37.5 Å². The number of para-hydroxylation sites is 1. The van der Waals surface area contributed by atoms with Gasteiger partial charge in [-0.15, -0.1) is 0 Å². The van der Waals surface area contributed by atoms with Gasteiger partial charge in [0.2, 0.25) is 0 Å². The van der Waals surface area contributed by atoms with E-state index in [-0.39, 0.29) is 17.9 Å². The third-order valence-electron chi connectivity index (χ3n) is 6.00. The Balaban J connectivity index is 1.81. The molecule has 0 bridgehead atoms. The Morgan fingerprint density at radius 1 is 0.828 bits per heavy atom. The van der Waals surface area contributed by atoms with E-state index in [1.165, 1.54) is 12.8 Å². The molecule has 2 aliphatic rings. The minimum atomic E-state index is -0.147. The minimum absolute atomic E-state index is 0.00296. The lowest BCUT2D eigenvalue weighted by Gasteiger charge is -2.28. The summed E-state index contributed by atoms with van der Waals surface area (Å²) in [6.07, 6.45) is 6.34. The smallest absolute Gasteiger partial charge is 0.278 e. The summed E-state index contributed by atoms with van der Waals surface area (Å²) in [5, 5.41) is 0. The quantitative estimate of drug-likeness (QED) is 0.534. The van der Waals surface area contributed by atoms with Crippen LogP contribution < -0.4 is 4.90 Å². The average Bonchev–Trinajstić information content (AvgIpc) is 2.93. The number of likely N-dealkylation sites (N-methyl/N-ethyl adjacent to an activating group) is 1. The van der Waals surface area contributed by atoms with Crippen LogP contribution in [0.4, 0.5) is 5.69 Å². The van der Waals surface area contributed by atoms with E-state index in [4.69, 9.17) is 0 Å². The first-order valence-corrected chi connectivity index (χ1v) is 10.7. The van der Waals surface area contributed by atoms with Crippen LogP contribution in [-0.4, -0.2) is 29.3 Å². The molecule has 0 saturated heterocycles. The van der Waals surface area contributed by atoms with E-state index in [0.717, 1.165) is 36.9 Å². The molecule has 2 aromatic rings. The fraction of sp³-hybridized carbons (Fsp3) is 0.360. The molecule has 1 aliphatic heterocycles. The molecule has 0 spiro atoms. The Morgan fingerprint density at radius 3 is 2.00 bits per heavy atom. The highest BCUT2D eigenvalue weighted by Gasteiger charge is 2.44. The monoisotopic (exact) mass is 388 g/mol. The van der Waals surface area contributed by atoms with Gasteiger partial charge < -0.3 is 4.90 Å². The number of carbonyl (C=O) groups excluding carboxylic acids is 2. The van der Waals surface area contributed by atoms with E-state index < -0.39 is 0 Å². The van der Waals surface area contributed by atoms with Gasteiger partial charge in [0.15, 0.2) is 0 Å². The molecule has 1 fully saturated rings. The van der Waals surface area contributed by atoms with Crippen LogP contribution in [0.5, 0.6) is 0 Å². The molecule has 2 amide bonds. The topological polar surface area (TPSA) is 40.6 Å². The first-order valence-electron chi connectivity index (χ1n) is 10.7. The summed E-state index contributed by atoms with van der Waals surface area (Å²) in [5.41, 5.74) is 2.79. The molecule has 0 atom stereocenters. The molecule has 0 N–H and O–H groups in total. The van der Waals surface area contributed by atoms with E-state index in [0.29, 0.717) is 17.8 Å². The third kappa shape index (κ3) is 3.71. The second kappa shape index (κ2) is 8.64. The van der Waals surface area contributed by atoms with Crippen molar-refractivity contribution in [3.63, 3.8) is 0 Å². The predicted molar refractivity (Wildman–Crippen MR) is 116 cm³/mol. The zero-order chi connectivity index (χ0) is 20.2. The normalized spacial score (nSPS) is 18.3. The van der Waals surface area contributed by atoms with E-state index in [1.54, 1.807) is 4.90 Å². The molecule has 0 radical (unpaired) electrons. The van der Waals surface area contributed by atoms with Crippen molar-refractivity contribution in [3.8, 4) is 0 Å². The number of rotatable bonds is 5. The molecular formula is C25H28N2O2. The molecule has 29 heavy (non-hydrogen) atoms. The van der Waals surface area contributed by atoms with Crippen molar-refractivity contribution >= 4 is 23.1 Å². The summed E-state index contributed by atoms with van der Waals surface area (Å²) in [4.78, 5) is 30.9. The van der Waals surface area contributed by atoms with Gasteiger partial charge in [0, 0.05) is 18.3 Å². The summed E-state index contributed by atoms with van der Waals surface area (Å²) < 4.78 is 0. The Bertz CT molecular complexity index is 897. The van der Waals surface area contributed by atoms with Crippen LogP contribution in [0.25, 0.3) is 5.57 Å². The summed E-state index contributed by atoms with van der Waals surface area (Å²) >= 11 is 0. The number of benzene rings is 2. The Kier molecular flexibility index (Phi) is 5.79. The van der Waals surface area contributed by atoms with E-state index >= 15 is 0 Å². The van der Waals surface area contributed by atoms with Crippen LogP contribution in [0.1, 0.15) is 51.0 Å². The van der Waals surface area contributed by atoms with Crippen LogP contribution in [0.2, 0.25) is 0 Å². The molecule has 1 aliphatic carbocycles. The standard InChI is InChI=1S/C25H28N2O2/c1-2-26(20-15-11-6-12-16-20)23-22(19-13-7-5-8-14-19)24(28)27(25(23)29)21-17-9-3-4-10-18-21/h5-8,11-16,21H,2-4,9-10,17-18H2,1H3. The fourth-order valence-electron chi connectivity index (χ4n) is 4.58. The van der Waals surface area contributed by atoms with Gasteiger partial charge in [-0.1, -0.05) is 74.2 Å². The summed E-state index contributed by atoms with van der Waals surface area (Å²) in [6, 6.07) is 19.5. The maximum absolute atomic E-state index is 13.7. The van der Waals surface area contributed by atoms with Crippen molar-refractivity contribution < 1.29 is 9.59 Å². The SMILES string of the molecule is CCN(C1=C(c2ccccc2)C(=O)N(C2CCCCCC2)C1=O)c1ccccc1. The molecule has 1 saturated carbocycles. The fourth-order valence-corrected chi connectivity index (χ4v) is 4.58.